The summed E-state index contributed by atoms with van der Waals surface area (Å²) in [6, 6.07) is 10.3. The number of aromatic amines is 1. The average molecular weight is 296 g/mol. The molecule has 3 heterocycles. The number of rotatable bonds is 3. The Labute approximate surface area is 131 Å². The maximum Gasteiger partial charge on any atom is 0.137 e. The fourth-order valence-electron chi connectivity index (χ4n) is 3.95. The molecule has 0 atom stereocenters. The van der Waals surface area contributed by atoms with E-state index in [2.05, 4.69) is 44.5 Å². The van der Waals surface area contributed by atoms with Crippen molar-refractivity contribution in [3.8, 4) is 11.4 Å². The van der Waals surface area contributed by atoms with Gasteiger partial charge < -0.3 is 10.3 Å². The lowest BCUT2D eigenvalue weighted by molar-refractivity contribution is 0.193. The Morgan fingerprint density at radius 2 is 1.91 bits per heavy atom. The van der Waals surface area contributed by atoms with Crippen molar-refractivity contribution in [1.82, 2.24) is 20.2 Å². The van der Waals surface area contributed by atoms with Crippen LogP contribution in [0.1, 0.15) is 25.0 Å². The molecule has 116 valence electrons. The maximum absolute atomic E-state index is 4.54. The third-order valence-corrected chi connectivity index (χ3v) is 5.25. The number of likely N-dealkylation sites (tertiary alicyclic amines) is 1. The van der Waals surface area contributed by atoms with Crippen LogP contribution in [-0.4, -0.2) is 41.0 Å². The van der Waals surface area contributed by atoms with Gasteiger partial charge in [-0.2, -0.15) is 0 Å². The monoisotopic (exact) mass is 296 g/mol. The third kappa shape index (κ3) is 2.81. The van der Waals surface area contributed by atoms with E-state index in [9.17, 15) is 0 Å². The van der Waals surface area contributed by atoms with Crippen LogP contribution in [0.15, 0.2) is 36.5 Å². The van der Waals surface area contributed by atoms with Crippen molar-refractivity contribution >= 4 is 0 Å². The predicted octanol–water partition coefficient (Wildman–Crippen LogP) is 2.65. The maximum atomic E-state index is 4.54. The Morgan fingerprint density at radius 3 is 2.73 bits per heavy atom. The molecule has 1 aromatic heterocycles. The molecule has 0 aliphatic carbocycles. The summed E-state index contributed by atoms with van der Waals surface area (Å²) in [7, 11) is 0. The highest BCUT2D eigenvalue weighted by atomic mass is 15.2. The Hall–Kier alpha value is -1.65. The second-order valence-corrected chi connectivity index (χ2v) is 6.83. The summed E-state index contributed by atoms with van der Waals surface area (Å²) in [5.41, 5.74) is 2.96. The lowest BCUT2D eigenvalue weighted by Gasteiger charge is -2.33. The predicted molar refractivity (Wildman–Crippen MR) is 88.5 cm³/mol. The van der Waals surface area contributed by atoms with E-state index in [1.54, 1.807) is 0 Å². The highest BCUT2D eigenvalue weighted by molar-refractivity contribution is 5.54. The molecule has 2 aliphatic rings. The summed E-state index contributed by atoms with van der Waals surface area (Å²) < 4.78 is 0. The zero-order valence-electron chi connectivity index (χ0n) is 13.0. The SMILES string of the molecule is c1ccc(-c2ncc(CN3CCC4(CCNCC4)C3)[nH]2)cc1. The molecule has 0 saturated carbocycles. The van der Waals surface area contributed by atoms with Crippen LogP contribution >= 0.6 is 0 Å². The lowest BCUT2D eigenvalue weighted by atomic mass is 9.78. The fourth-order valence-corrected chi connectivity index (χ4v) is 3.95. The average Bonchev–Trinajstić information content (AvgIpc) is 3.17. The second kappa shape index (κ2) is 5.86. The summed E-state index contributed by atoms with van der Waals surface area (Å²) in [5.74, 6) is 0.978. The largest absolute Gasteiger partial charge is 0.341 e. The van der Waals surface area contributed by atoms with Crippen LogP contribution in [-0.2, 0) is 6.54 Å². The molecule has 2 aromatic rings. The zero-order chi connectivity index (χ0) is 14.8. The van der Waals surface area contributed by atoms with E-state index in [0.29, 0.717) is 5.41 Å². The summed E-state index contributed by atoms with van der Waals surface area (Å²) in [4.78, 5) is 10.6. The van der Waals surface area contributed by atoms with E-state index in [1.165, 1.54) is 51.1 Å². The second-order valence-electron chi connectivity index (χ2n) is 6.83. The van der Waals surface area contributed by atoms with Crippen LogP contribution in [0.4, 0.5) is 0 Å². The standard InChI is InChI=1S/C18H24N4/c1-2-4-15(5-3-1)17-20-12-16(21-17)13-22-11-8-18(14-22)6-9-19-10-7-18/h1-5,12,19H,6-11,13-14H2,(H,20,21). The molecule has 4 nitrogen and oxygen atoms in total. The van der Waals surface area contributed by atoms with E-state index in [1.807, 2.05) is 12.3 Å². The van der Waals surface area contributed by atoms with Crippen molar-refractivity contribution in [2.24, 2.45) is 5.41 Å². The summed E-state index contributed by atoms with van der Waals surface area (Å²) in [6.45, 7) is 5.84. The van der Waals surface area contributed by atoms with Gasteiger partial charge in [-0.3, -0.25) is 4.90 Å². The van der Waals surface area contributed by atoms with Crippen LogP contribution in [0.5, 0.6) is 0 Å². The minimum absolute atomic E-state index is 0.577. The Morgan fingerprint density at radius 1 is 1.09 bits per heavy atom. The van der Waals surface area contributed by atoms with Gasteiger partial charge in [0.2, 0.25) is 0 Å². The van der Waals surface area contributed by atoms with Crippen LogP contribution in [0.2, 0.25) is 0 Å². The van der Waals surface area contributed by atoms with Gasteiger partial charge in [-0.05, 0) is 44.3 Å². The Bertz CT molecular complexity index is 613. The number of hydrogen-bond donors (Lipinski definition) is 2. The number of nitrogens with zero attached hydrogens (tertiary/aromatic N) is 2. The first kappa shape index (κ1) is 14.0. The molecule has 22 heavy (non-hydrogen) atoms. The number of piperidine rings is 1. The topological polar surface area (TPSA) is 44.0 Å². The minimum atomic E-state index is 0.577. The molecule has 0 bridgehead atoms. The third-order valence-electron chi connectivity index (χ3n) is 5.25. The summed E-state index contributed by atoms with van der Waals surface area (Å²) in [6.07, 6.45) is 6.02. The first-order chi connectivity index (χ1) is 10.8. The normalized spacial score (nSPS) is 21.5. The van der Waals surface area contributed by atoms with Gasteiger partial charge in [0.25, 0.3) is 0 Å². The molecule has 1 spiro atoms. The van der Waals surface area contributed by atoms with Crippen molar-refractivity contribution in [2.75, 3.05) is 26.2 Å². The smallest absolute Gasteiger partial charge is 0.137 e. The van der Waals surface area contributed by atoms with E-state index in [0.717, 1.165) is 17.9 Å². The van der Waals surface area contributed by atoms with E-state index < -0.39 is 0 Å². The fraction of sp³-hybridized carbons (Fsp3) is 0.500. The molecule has 2 saturated heterocycles. The summed E-state index contributed by atoms with van der Waals surface area (Å²) >= 11 is 0. The van der Waals surface area contributed by atoms with Crippen molar-refractivity contribution in [3.63, 3.8) is 0 Å². The van der Waals surface area contributed by atoms with Gasteiger partial charge >= 0.3 is 0 Å². The molecule has 2 N–H and O–H groups in total. The van der Waals surface area contributed by atoms with Crippen LogP contribution in [0.25, 0.3) is 11.4 Å². The van der Waals surface area contributed by atoms with E-state index in [4.69, 9.17) is 0 Å². The van der Waals surface area contributed by atoms with Gasteiger partial charge in [0, 0.05) is 30.5 Å². The lowest BCUT2D eigenvalue weighted by Crippen LogP contribution is -2.38. The van der Waals surface area contributed by atoms with E-state index in [-0.39, 0.29) is 0 Å². The molecule has 4 rings (SSSR count). The molecule has 0 radical (unpaired) electrons. The van der Waals surface area contributed by atoms with E-state index >= 15 is 0 Å². The number of nitrogens with one attached hydrogen (secondary N) is 2. The molecule has 4 heteroatoms. The van der Waals surface area contributed by atoms with Gasteiger partial charge in [0.1, 0.15) is 5.82 Å². The van der Waals surface area contributed by atoms with Crippen LogP contribution in [0, 0.1) is 5.41 Å². The summed E-state index contributed by atoms with van der Waals surface area (Å²) in [5, 5.41) is 3.49. The van der Waals surface area contributed by atoms with Crippen LogP contribution in [0.3, 0.4) is 0 Å². The van der Waals surface area contributed by atoms with Crippen molar-refractivity contribution < 1.29 is 0 Å². The number of aromatic nitrogens is 2. The number of imidazole rings is 1. The van der Waals surface area contributed by atoms with Crippen molar-refractivity contribution in [1.29, 1.82) is 0 Å². The highest BCUT2D eigenvalue weighted by Crippen LogP contribution is 2.38. The molecule has 2 fully saturated rings. The molecule has 1 aromatic carbocycles. The molecular formula is C18H24N4. The quantitative estimate of drug-likeness (QED) is 0.915. The minimum Gasteiger partial charge on any atom is -0.341 e. The highest BCUT2D eigenvalue weighted by Gasteiger charge is 2.38. The molecular weight excluding hydrogens is 272 g/mol. The van der Waals surface area contributed by atoms with Crippen molar-refractivity contribution in [2.45, 2.75) is 25.8 Å². The van der Waals surface area contributed by atoms with Crippen LogP contribution < -0.4 is 5.32 Å². The number of hydrogen-bond acceptors (Lipinski definition) is 3. The van der Waals surface area contributed by atoms with Gasteiger partial charge in [-0.25, -0.2) is 4.98 Å². The molecule has 2 aliphatic heterocycles. The molecule has 0 unspecified atom stereocenters. The first-order valence-corrected chi connectivity index (χ1v) is 8.35. The Kier molecular flexibility index (Phi) is 3.72. The molecule has 0 amide bonds. The Balaban J connectivity index is 1.41. The zero-order valence-corrected chi connectivity index (χ0v) is 13.0. The van der Waals surface area contributed by atoms with Gasteiger partial charge in [-0.1, -0.05) is 30.3 Å². The van der Waals surface area contributed by atoms with Gasteiger partial charge in [-0.15, -0.1) is 0 Å². The number of benzene rings is 1. The first-order valence-electron chi connectivity index (χ1n) is 8.35. The van der Waals surface area contributed by atoms with Gasteiger partial charge in [0.05, 0.1) is 0 Å². The van der Waals surface area contributed by atoms with Gasteiger partial charge in [0.15, 0.2) is 0 Å². The van der Waals surface area contributed by atoms with Crippen molar-refractivity contribution in [3.05, 3.63) is 42.2 Å². The number of H-pyrrole nitrogens is 1.